The molecule has 0 spiro atoms. The van der Waals surface area contributed by atoms with E-state index in [-0.39, 0.29) is 22.8 Å². The minimum atomic E-state index is -3.96. The van der Waals surface area contributed by atoms with Gasteiger partial charge in [0, 0.05) is 19.2 Å². The maximum absolute atomic E-state index is 13.2. The van der Waals surface area contributed by atoms with Crippen LogP contribution in [0.1, 0.15) is 12.5 Å². The van der Waals surface area contributed by atoms with Crippen molar-refractivity contribution >= 4 is 27.1 Å². The second-order valence-corrected chi connectivity index (χ2v) is 8.51. The largest absolute Gasteiger partial charge is 0.497 e. The highest BCUT2D eigenvalue weighted by molar-refractivity contribution is 7.92. The van der Waals surface area contributed by atoms with Gasteiger partial charge < -0.3 is 10.1 Å². The van der Waals surface area contributed by atoms with Crippen molar-refractivity contribution in [2.75, 3.05) is 23.3 Å². The van der Waals surface area contributed by atoms with Gasteiger partial charge in [0.05, 0.1) is 22.6 Å². The predicted molar refractivity (Wildman–Crippen MR) is 120 cm³/mol. The van der Waals surface area contributed by atoms with Crippen LogP contribution in [0.15, 0.2) is 77.7 Å². The van der Waals surface area contributed by atoms with Crippen LogP contribution < -0.4 is 14.4 Å². The zero-order valence-electron chi connectivity index (χ0n) is 17.2. The van der Waals surface area contributed by atoms with Crippen LogP contribution in [0.3, 0.4) is 0 Å². The molecule has 0 aliphatic carbocycles. The molecule has 0 amide bonds. The molecule has 0 aliphatic rings. The number of para-hydroxylation sites is 1. The third kappa shape index (κ3) is 4.95. The second-order valence-electron chi connectivity index (χ2n) is 6.64. The Labute approximate surface area is 181 Å². The van der Waals surface area contributed by atoms with Crippen LogP contribution in [-0.2, 0) is 16.6 Å². The van der Waals surface area contributed by atoms with Gasteiger partial charge in [-0.25, -0.2) is 8.42 Å². The Morgan fingerprint density at radius 3 is 2.29 bits per heavy atom. The van der Waals surface area contributed by atoms with Crippen molar-refractivity contribution in [3.8, 4) is 5.75 Å². The Balaban J connectivity index is 1.89. The maximum atomic E-state index is 13.2. The zero-order chi connectivity index (χ0) is 22.4. The number of hydrogen-bond donors (Lipinski definition) is 1. The van der Waals surface area contributed by atoms with Crippen LogP contribution in [-0.4, -0.2) is 27.0 Å². The van der Waals surface area contributed by atoms with Crippen LogP contribution in [0.5, 0.6) is 5.75 Å². The molecule has 0 radical (unpaired) electrons. The van der Waals surface area contributed by atoms with Crippen molar-refractivity contribution in [2.45, 2.75) is 18.4 Å². The molecule has 0 saturated carbocycles. The number of rotatable bonds is 9. The number of nitrogens with zero attached hydrogens (tertiary/aromatic N) is 2. The normalized spacial score (nSPS) is 11.0. The smallest absolute Gasteiger partial charge is 0.293 e. The first kappa shape index (κ1) is 22.1. The van der Waals surface area contributed by atoms with Gasteiger partial charge >= 0.3 is 0 Å². The summed E-state index contributed by atoms with van der Waals surface area (Å²) in [5.74, 6) is 0.711. The Morgan fingerprint density at radius 1 is 1.03 bits per heavy atom. The van der Waals surface area contributed by atoms with E-state index in [0.29, 0.717) is 18.0 Å². The number of hydrogen-bond acceptors (Lipinski definition) is 6. The lowest BCUT2D eigenvalue weighted by atomic mass is 10.2. The fraction of sp³-hybridized carbons (Fsp3) is 0.182. The predicted octanol–water partition coefficient (Wildman–Crippen LogP) is 4.43. The van der Waals surface area contributed by atoms with Crippen LogP contribution in [0.4, 0.5) is 17.1 Å². The lowest BCUT2D eigenvalue weighted by Gasteiger charge is -2.23. The van der Waals surface area contributed by atoms with E-state index in [1.807, 2.05) is 12.1 Å². The number of ether oxygens (including phenoxy) is 1. The van der Waals surface area contributed by atoms with E-state index in [0.717, 1.165) is 11.6 Å². The van der Waals surface area contributed by atoms with Gasteiger partial charge in [-0.3, -0.25) is 14.4 Å². The standard InChI is InChI=1S/C22H23N3O5S/c1-3-24(18-7-5-4-6-8-18)31(28,29)20-13-14-21(22(15-20)25(26)27)23-16-17-9-11-19(30-2)12-10-17/h4-15,23H,3,16H2,1-2H3. The minimum Gasteiger partial charge on any atom is -0.497 e. The summed E-state index contributed by atoms with van der Waals surface area (Å²) in [6.07, 6.45) is 0. The van der Waals surface area contributed by atoms with Crippen molar-refractivity contribution in [1.82, 2.24) is 0 Å². The van der Waals surface area contributed by atoms with Gasteiger partial charge in [0.2, 0.25) is 0 Å². The second kappa shape index (κ2) is 9.48. The lowest BCUT2D eigenvalue weighted by Crippen LogP contribution is -2.30. The number of nitro benzene ring substituents is 1. The Bertz CT molecular complexity index is 1150. The molecule has 0 atom stereocenters. The quantitative estimate of drug-likeness (QED) is 0.389. The fourth-order valence-corrected chi connectivity index (χ4v) is 4.62. The molecule has 3 aromatic carbocycles. The molecule has 0 bridgehead atoms. The highest BCUT2D eigenvalue weighted by atomic mass is 32.2. The Morgan fingerprint density at radius 2 is 1.71 bits per heavy atom. The minimum absolute atomic E-state index is 0.139. The molecule has 8 nitrogen and oxygen atoms in total. The van der Waals surface area contributed by atoms with E-state index < -0.39 is 14.9 Å². The average molecular weight is 442 g/mol. The number of sulfonamides is 1. The highest BCUT2D eigenvalue weighted by Gasteiger charge is 2.27. The molecule has 9 heteroatoms. The summed E-state index contributed by atoms with van der Waals surface area (Å²) >= 11 is 0. The molecule has 162 valence electrons. The average Bonchev–Trinajstić information content (AvgIpc) is 2.78. The lowest BCUT2D eigenvalue weighted by molar-refractivity contribution is -0.384. The van der Waals surface area contributed by atoms with E-state index in [9.17, 15) is 18.5 Å². The van der Waals surface area contributed by atoms with Crippen molar-refractivity contribution < 1.29 is 18.1 Å². The molecule has 1 N–H and O–H groups in total. The fourth-order valence-electron chi connectivity index (χ4n) is 3.13. The first-order valence-corrected chi connectivity index (χ1v) is 11.0. The van der Waals surface area contributed by atoms with Gasteiger partial charge in [0.1, 0.15) is 11.4 Å². The molecule has 0 unspecified atom stereocenters. The first-order chi connectivity index (χ1) is 14.9. The summed E-state index contributed by atoms with van der Waals surface area (Å²) in [7, 11) is -2.39. The maximum Gasteiger partial charge on any atom is 0.293 e. The molecule has 3 rings (SSSR count). The topological polar surface area (TPSA) is 102 Å². The van der Waals surface area contributed by atoms with Crippen LogP contribution in [0.2, 0.25) is 0 Å². The van der Waals surface area contributed by atoms with Crippen molar-refractivity contribution in [1.29, 1.82) is 0 Å². The summed E-state index contributed by atoms with van der Waals surface area (Å²) in [5, 5.41) is 14.7. The van der Waals surface area contributed by atoms with Crippen LogP contribution in [0, 0.1) is 10.1 Å². The number of nitro groups is 1. The summed E-state index contributed by atoms with van der Waals surface area (Å²) in [6, 6.07) is 19.8. The molecule has 31 heavy (non-hydrogen) atoms. The van der Waals surface area contributed by atoms with E-state index in [2.05, 4.69) is 5.32 Å². The summed E-state index contributed by atoms with van der Waals surface area (Å²) in [4.78, 5) is 10.9. The number of nitrogens with one attached hydrogen (secondary N) is 1. The van der Waals surface area contributed by atoms with Gasteiger partial charge in [-0.05, 0) is 48.9 Å². The number of anilines is 2. The van der Waals surface area contributed by atoms with E-state index in [1.165, 1.54) is 16.4 Å². The van der Waals surface area contributed by atoms with Crippen LogP contribution in [0.25, 0.3) is 0 Å². The molecule has 0 aliphatic heterocycles. The monoisotopic (exact) mass is 441 g/mol. The molecular formula is C22H23N3O5S. The van der Waals surface area contributed by atoms with E-state index in [1.54, 1.807) is 56.5 Å². The molecule has 0 saturated heterocycles. The molecule has 3 aromatic rings. The van der Waals surface area contributed by atoms with Gasteiger partial charge in [0.15, 0.2) is 0 Å². The van der Waals surface area contributed by atoms with Gasteiger partial charge in [-0.15, -0.1) is 0 Å². The third-order valence-electron chi connectivity index (χ3n) is 4.73. The van der Waals surface area contributed by atoms with Gasteiger partial charge in [0.25, 0.3) is 15.7 Å². The zero-order valence-corrected chi connectivity index (χ0v) is 18.0. The molecule has 0 heterocycles. The molecule has 0 fully saturated rings. The summed E-state index contributed by atoms with van der Waals surface area (Å²) < 4.78 is 32.7. The Hall–Kier alpha value is -3.59. The summed E-state index contributed by atoms with van der Waals surface area (Å²) in [6.45, 7) is 2.24. The van der Waals surface area contributed by atoms with Crippen molar-refractivity contribution in [3.63, 3.8) is 0 Å². The first-order valence-electron chi connectivity index (χ1n) is 9.60. The highest BCUT2D eigenvalue weighted by Crippen LogP contribution is 2.31. The SMILES string of the molecule is CCN(c1ccccc1)S(=O)(=O)c1ccc(NCc2ccc(OC)cc2)c([N+](=O)[O-])c1. The Kier molecular flexibility index (Phi) is 6.76. The molecular weight excluding hydrogens is 418 g/mol. The van der Waals surface area contributed by atoms with E-state index in [4.69, 9.17) is 4.74 Å². The van der Waals surface area contributed by atoms with Gasteiger partial charge in [-0.1, -0.05) is 30.3 Å². The molecule has 0 aromatic heterocycles. The van der Waals surface area contributed by atoms with Crippen molar-refractivity contribution in [3.05, 3.63) is 88.5 Å². The number of methoxy groups -OCH3 is 1. The van der Waals surface area contributed by atoms with E-state index >= 15 is 0 Å². The third-order valence-corrected chi connectivity index (χ3v) is 6.63. The van der Waals surface area contributed by atoms with Crippen LogP contribution >= 0.6 is 0 Å². The van der Waals surface area contributed by atoms with Gasteiger partial charge in [-0.2, -0.15) is 0 Å². The number of benzene rings is 3. The van der Waals surface area contributed by atoms with Crippen molar-refractivity contribution in [2.24, 2.45) is 0 Å². The summed E-state index contributed by atoms with van der Waals surface area (Å²) in [5.41, 5.74) is 1.32.